The average molecular weight is 342 g/mol. The third-order valence-electron chi connectivity index (χ3n) is 3.06. The number of hydrogen-bond acceptors (Lipinski definition) is 6. The Morgan fingerprint density at radius 1 is 1.04 bits per heavy atom. The van der Waals surface area contributed by atoms with Crippen LogP contribution < -0.4 is 5.32 Å². The number of halogens is 1. The number of para-hydroxylation sites is 1. The number of anilines is 2. The van der Waals surface area contributed by atoms with Crippen molar-refractivity contribution < 1.29 is 9.31 Å². The third-order valence-corrected chi connectivity index (χ3v) is 4.06. The van der Waals surface area contributed by atoms with Gasteiger partial charge in [-0.25, -0.2) is 14.4 Å². The van der Waals surface area contributed by atoms with E-state index in [1.807, 2.05) is 30.3 Å². The number of rotatable bonds is 5. The lowest BCUT2D eigenvalue weighted by Gasteiger charge is -2.09. The molecule has 120 valence electrons. The summed E-state index contributed by atoms with van der Waals surface area (Å²) in [6, 6.07) is 15.0. The first-order chi connectivity index (χ1) is 11.6. The van der Waals surface area contributed by atoms with Gasteiger partial charge < -0.3 is 5.32 Å². The highest BCUT2D eigenvalue weighted by Crippen LogP contribution is 2.37. The fourth-order valence-electron chi connectivity index (χ4n) is 1.98. The maximum atomic E-state index is 13.8. The highest BCUT2D eigenvalue weighted by atomic mass is 32.2. The normalized spacial score (nSPS) is 10.4. The zero-order valence-electron chi connectivity index (χ0n) is 12.2. The maximum absolute atomic E-state index is 13.8. The topological polar surface area (TPSA) is 81.0 Å². The monoisotopic (exact) mass is 342 g/mol. The fraction of sp³-hybridized carbons (Fsp3) is 0. The van der Waals surface area contributed by atoms with Crippen LogP contribution in [0.2, 0.25) is 0 Å². The van der Waals surface area contributed by atoms with Gasteiger partial charge in [-0.3, -0.25) is 10.1 Å². The molecule has 1 aromatic heterocycles. The van der Waals surface area contributed by atoms with Crippen LogP contribution >= 0.6 is 11.8 Å². The van der Waals surface area contributed by atoms with E-state index in [1.165, 1.54) is 24.5 Å². The van der Waals surface area contributed by atoms with E-state index in [0.717, 1.165) is 16.7 Å². The van der Waals surface area contributed by atoms with Crippen molar-refractivity contribution in [3.8, 4) is 0 Å². The molecular weight excluding hydrogens is 331 g/mol. The van der Waals surface area contributed by atoms with Gasteiger partial charge in [0.15, 0.2) is 5.03 Å². The van der Waals surface area contributed by atoms with E-state index < -0.39 is 10.7 Å². The van der Waals surface area contributed by atoms with Gasteiger partial charge in [-0.15, -0.1) is 0 Å². The number of hydrogen-bond donors (Lipinski definition) is 1. The lowest BCUT2D eigenvalue weighted by molar-refractivity contribution is -0.387. The van der Waals surface area contributed by atoms with Gasteiger partial charge in [-0.2, -0.15) is 0 Å². The van der Waals surface area contributed by atoms with Crippen molar-refractivity contribution in [3.63, 3.8) is 0 Å². The molecule has 3 rings (SSSR count). The Labute approximate surface area is 140 Å². The standard InChI is InChI=1S/C16H11FN4O2S/c17-12-8-4-5-9-13(12)20-15-14(21(22)23)16(19-10-18-15)24-11-6-2-1-3-7-11/h1-10H,(H,18,19,20). The molecule has 0 atom stereocenters. The van der Waals surface area contributed by atoms with Crippen LogP contribution in [-0.2, 0) is 0 Å². The number of nitro groups is 1. The summed E-state index contributed by atoms with van der Waals surface area (Å²) < 4.78 is 13.8. The Morgan fingerprint density at radius 3 is 2.46 bits per heavy atom. The smallest absolute Gasteiger partial charge is 0.332 e. The van der Waals surface area contributed by atoms with Crippen LogP contribution in [0.3, 0.4) is 0 Å². The first kappa shape index (κ1) is 15.9. The molecular formula is C16H11FN4O2S. The SMILES string of the molecule is O=[N+]([O-])c1c(Nc2ccccc2F)ncnc1Sc1ccccc1. The Hall–Kier alpha value is -3.00. The largest absolute Gasteiger partial charge is 0.343 e. The molecule has 0 spiro atoms. The second-order valence-electron chi connectivity index (χ2n) is 4.65. The summed E-state index contributed by atoms with van der Waals surface area (Å²) >= 11 is 1.14. The second kappa shape index (κ2) is 7.05. The first-order valence-electron chi connectivity index (χ1n) is 6.89. The lowest BCUT2D eigenvalue weighted by Crippen LogP contribution is -2.03. The molecule has 0 aliphatic carbocycles. The van der Waals surface area contributed by atoms with Gasteiger partial charge in [-0.1, -0.05) is 42.1 Å². The maximum Gasteiger partial charge on any atom is 0.343 e. The predicted molar refractivity (Wildman–Crippen MR) is 88.9 cm³/mol. The summed E-state index contributed by atoms with van der Waals surface area (Å²) in [5.74, 6) is -0.582. The lowest BCUT2D eigenvalue weighted by atomic mass is 10.3. The number of nitrogens with zero attached hydrogens (tertiary/aromatic N) is 3. The minimum Gasteiger partial charge on any atom is -0.332 e. The van der Waals surface area contributed by atoms with E-state index in [2.05, 4.69) is 15.3 Å². The zero-order chi connectivity index (χ0) is 16.9. The van der Waals surface area contributed by atoms with Crippen molar-refractivity contribution in [1.29, 1.82) is 0 Å². The fourth-order valence-corrected chi connectivity index (χ4v) is 2.87. The summed E-state index contributed by atoms with van der Waals surface area (Å²) in [5, 5.41) is 14.3. The van der Waals surface area contributed by atoms with E-state index in [-0.39, 0.29) is 22.2 Å². The van der Waals surface area contributed by atoms with Crippen LogP contribution in [-0.4, -0.2) is 14.9 Å². The molecule has 8 heteroatoms. The van der Waals surface area contributed by atoms with Crippen LogP contribution in [0.25, 0.3) is 0 Å². The van der Waals surface area contributed by atoms with Crippen molar-refractivity contribution in [2.24, 2.45) is 0 Å². The molecule has 6 nitrogen and oxygen atoms in total. The summed E-state index contributed by atoms with van der Waals surface area (Å²) in [6.45, 7) is 0. The molecule has 0 saturated carbocycles. The van der Waals surface area contributed by atoms with Gasteiger partial charge >= 0.3 is 5.69 Å². The Bertz CT molecular complexity index is 877. The number of aromatic nitrogens is 2. The van der Waals surface area contributed by atoms with E-state index in [9.17, 15) is 14.5 Å². The molecule has 1 N–H and O–H groups in total. The van der Waals surface area contributed by atoms with Crippen molar-refractivity contribution in [1.82, 2.24) is 9.97 Å². The summed E-state index contributed by atoms with van der Waals surface area (Å²) in [4.78, 5) is 19.6. The highest BCUT2D eigenvalue weighted by molar-refractivity contribution is 7.99. The predicted octanol–water partition coefficient (Wildman–Crippen LogP) is 4.42. The van der Waals surface area contributed by atoms with Gasteiger partial charge in [0.25, 0.3) is 0 Å². The number of benzene rings is 2. The van der Waals surface area contributed by atoms with Crippen molar-refractivity contribution in [2.75, 3.05) is 5.32 Å². The summed E-state index contributed by atoms with van der Waals surface area (Å²) in [6.07, 6.45) is 1.21. The minimum atomic E-state index is -0.575. The second-order valence-corrected chi connectivity index (χ2v) is 5.72. The molecule has 0 bridgehead atoms. The van der Waals surface area contributed by atoms with E-state index in [1.54, 1.807) is 6.07 Å². The molecule has 0 unspecified atom stereocenters. The minimum absolute atomic E-state index is 0.0569. The van der Waals surface area contributed by atoms with Crippen LogP contribution in [0.5, 0.6) is 0 Å². The van der Waals surface area contributed by atoms with E-state index >= 15 is 0 Å². The van der Waals surface area contributed by atoms with Crippen molar-refractivity contribution in [3.05, 3.63) is 76.9 Å². The summed E-state index contributed by atoms with van der Waals surface area (Å²) in [7, 11) is 0. The Morgan fingerprint density at radius 2 is 1.75 bits per heavy atom. The van der Waals surface area contributed by atoms with Crippen LogP contribution in [0.15, 0.2) is 70.8 Å². The van der Waals surface area contributed by atoms with Gasteiger partial charge in [0.05, 0.1) is 10.6 Å². The quantitative estimate of drug-likeness (QED) is 0.420. The molecule has 0 fully saturated rings. The van der Waals surface area contributed by atoms with Crippen LogP contribution in [0, 0.1) is 15.9 Å². The zero-order valence-corrected chi connectivity index (χ0v) is 13.0. The molecule has 0 aliphatic rings. The molecule has 24 heavy (non-hydrogen) atoms. The molecule has 0 amide bonds. The molecule has 2 aromatic carbocycles. The van der Waals surface area contributed by atoms with Gasteiger partial charge in [0, 0.05) is 4.90 Å². The molecule has 0 radical (unpaired) electrons. The average Bonchev–Trinajstić information content (AvgIpc) is 2.58. The third kappa shape index (κ3) is 3.49. The highest BCUT2D eigenvalue weighted by Gasteiger charge is 2.24. The Balaban J connectivity index is 1.99. The van der Waals surface area contributed by atoms with E-state index in [4.69, 9.17) is 0 Å². The van der Waals surface area contributed by atoms with Crippen molar-refractivity contribution in [2.45, 2.75) is 9.92 Å². The first-order valence-corrected chi connectivity index (χ1v) is 7.70. The Kier molecular flexibility index (Phi) is 4.66. The van der Waals surface area contributed by atoms with Gasteiger partial charge in [0.1, 0.15) is 12.1 Å². The van der Waals surface area contributed by atoms with Crippen LogP contribution in [0.4, 0.5) is 21.6 Å². The van der Waals surface area contributed by atoms with Crippen LogP contribution in [0.1, 0.15) is 0 Å². The summed E-state index contributed by atoms with van der Waals surface area (Å²) in [5.41, 5.74) is -0.190. The molecule has 1 heterocycles. The van der Waals surface area contributed by atoms with Gasteiger partial charge in [-0.05, 0) is 24.3 Å². The van der Waals surface area contributed by atoms with Crippen molar-refractivity contribution >= 4 is 29.0 Å². The number of nitrogens with one attached hydrogen (secondary N) is 1. The molecule has 0 aliphatic heterocycles. The molecule has 0 saturated heterocycles. The van der Waals surface area contributed by atoms with Gasteiger partial charge in [0.2, 0.25) is 5.82 Å². The van der Waals surface area contributed by atoms with E-state index in [0.29, 0.717) is 0 Å². The molecule has 3 aromatic rings.